The lowest BCUT2D eigenvalue weighted by atomic mass is 9.99. The molecule has 4 rings (SSSR count). The summed E-state index contributed by atoms with van der Waals surface area (Å²) in [6.45, 7) is 1.74. The van der Waals surface area contributed by atoms with Gasteiger partial charge in [-0.2, -0.15) is 13.2 Å². The van der Waals surface area contributed by atoms with E-state index in [1.54, 1.807) is 6.33 Å². The highest BCUT2D eigenvalue weighted by Crippen LogP contribution is 2.34. The van der Waals surface area contributed by atoms with Crippen LogP contribution in [0, 0.1) is 0 Å². The van der Waals surface area contributed by atoms with Crippen LogP contribution in [0.2, 0.25) is 0 Å². The van der Waals surface area contributed by atoms with Crippen LogP contribution < -0.4 is 0 Å². The Hall–Kier alpha value is -2.67. The van der Waals surface area contributed by atoms with Crippen molar-refractivity contribution >= 4 is 0 Å². The normalized spacial score (nSPS) is 17.4. The zero-order valence-electron chi connectivity index (χ0n) is 14.5. The maximum atomic E-state index is 12.7. The van der Waals surface area contributed by atoms with E-state index in [1.165, 1.54) is 12.3 Å². The minimum atomic E-state index is -4.43. The Balaban J connectivity index is 1.67. The first kappa shape index (κ1) is 17.7. The molecule has 0 aliphatic carbocycles. The highest BCUT2D eigenvalue weighted by Gasteiger charge is 2.32. The van der Waals surface area contributed by atoms with Crippen LogP contribution in [0.25, 0.3) is 11.3 Å². The zero-order valence-corrected chi connectivity index (χ0v) is 14.5. The molecule has 27 heavy (non-hydrogen) atoms. The summed E-state index contributed by atoms with van der Waals surface area (Å²) < 4.78 is 45.7. The van der Waals surface area contributed by atoms with Crippen molar-refractivity contribution in [3.63, 3.8) is 0 Å². The summed E-state index contributed by atoms with van der Waals surface area (Å²) in [5.41, 5.74) is 2.78. The van der Waals surface area contributed by atoms with Crippen LogP contribution in [0.4, 0.5) is 13.2 Å². The molecule has 2 aromatic heterocycles. The van der Waals surface area contributed by atoms with E-state index in [-0.39, 0.29) is 5.92 Å². The van der Waals surface area contributed by atoms with Crippen LogP contribution in [0.1, 0.15) is 29.3 Å². The van der Waals surface area contributed by atoms with Gasteiger partial charge in [-0.3, -0.25) is 4.98 Å². The Morgan fingerprint density at radius 1 is 1.07 bits per heavy atom. The maximum Gasteiger partial charge on any atom is 0.433 e. The highest BCUT2D eigenvalue weighted by molar-refractivity contribution is 5.62. The van der Waals surface area contributed by atoms with Gasteiger partial charge >= 0.3 is 6.18 Å². The average Bonchev–Trinajstić information content (AvgIpc) is 3.31. The molecule has 3 heterocycles. The fourth-order valence-corrected chi connectivity index (χ4v) is 3.40. The average molecular weight is 373 g/mol. The zero-order chi connectivity index (χ0) is 18.9. The van der Waals surface area contributed by atoms with Gasteiger partial charge in [0, 0.05) is 24.3 Å². The lowest BCUT2D eigenvalue weighted by Gasteiger charge is -2.15. The summed E-state index contributed by atoms with van der Waals surface area (Å²) in [5.74, 6) is 0.213. The molecule has 0 amide bonds. The standard InChI is InChI=1S/C20H18F3N3O/c21-20(22,23)17-7-6-14(10-24-17)11-26-13-25-18(15-4-2-1-3-5-15)19(26)16-8-9-27-12-16/h1-7,10,13,16H,8-9,11-12H2. The van der Waals surface area contributed by atoms with Crippen LogP contribution in [-0.2, 0) is 17.5 Å². The van der Waals surface area contributed by atoms with Crippen molar-refractivity contribution in [1.29, 1.82) is 0 Å². The number of ether oxygens (including phenoxy) is 1. The number of hydrogen-bond donors (Lipinski definition) is 0. The molecule has 1 atom stereocenters. The first-order chi connectivity index (χ1) is 13.0. The van der Waals surface area contributed by atoms with E-state index in [2.05, 4.69) is 9.97 Å². The second kappa shape index (κ2) is 7.15. The summed E-state index contributed by atoms with van der Waals surface area (Å²) in [7, 11) is 0. The summed E-state index contributed by atoms with van der Waals surface area (Å²) >= 11 is 0. The predicted molar refractivity (Wildman–Crippen MR) is 94.2 cm³/mol. The van der Waals surface area contributed by atoms with Crippen LogP contribution in [0.3, 0.4) is 0 Å². The van der Waals surface area contributed by atoms with Crippen molar-refractivity contribution in [2.75, 3.05) is 13.2 Å². The number of pyridine rings is 1. The molecule has 1 fully saturated rings. The van der Waals surface area contributed by atoms with Crippen molar-refractivity contribution in [2.24, 2.45) is 0 Å². The van der Waals surface area contributed by atoms with E-state index < -0.39 is 11.9 Å². The van der Waals surface area contributed by atoms with Crippen LogP contribution >= 0.6 is 0 Å². The van der Waals surface area contributed by atoms with Gasteiger partial charge < -0.3 is 9.30 Å². The minimum Gasteiger partial charge on any atom is -0.381 e. The van der Waals surface area contributed by atoms with E-state index in [0.29, 0.717) is 25.3 Å². The molecule has 4 nitrogen and oxygen atoms in total. The summed E-state index contributed by atoms with van der Waals surface area (Å²) in [4.78, 5) is 8.15. The smallest absolute Gasteiger partial charge is 0.381 e. The molecule has 1 aliphatic heterocycles. The van der Waals surface area contributed by atoms with E-state index in [0.717, 1.165) is 29.4 Å². The topological polar surface area (TPSA) is 39.9 Å². The maximum absolute atomic E-state index is 12.7. The molecular weight excluding hydrogens is 355 g/mol. The number of benzene rings is 1. The van der Waals surface area contributed by atoms with Crippen LogP contribution in [-0.4, -0.2) is 27.7 Å². The Labute approximate surface area is 154 Å². The Morgan fingerprint density at radius 3 is 2.52 bits per heavy atom. The summed E-state index contributed by atoms with van der Waals surface area (Å²) in [5, 5.41) is 0. The summed E-state index contributed by atoms with van der Waals surface area (Å²) in [6, 6.07) is 12.4. The number of imidazole rings is 1. The Kier molecular flexibility index (Phi) is 4.70. The van der Waals surface area contributed by atoms with Crippen molar-refractivity contribution in [2.45, 2.75) is 25.1 Å². The van der Waals surface area contributed by atoms with E-state index in [9.17, 15) is 13.2 Å². The molecule has 0 spiro atoms. The number of hydrogen-bond acceptors (Lipinski definition) is 3. The number of aromatic nitrogens is 3. The van der Waals surface area contributed by atoms with Gasteiger partial charge in [0.15, 0.2) is 0 Å². The third kappa shape index (κ3) is 3.73. The van der Waals surface area contributed by atoms with E-state index >= 15 is 0 Å². The molecule has 7 heteroatoms. The number of halogens is 3. The number of nitrogens with zero attached hydrogens (tertiary/aromatic N) is 3. The third-order valence-electron chi connectivity index (χ3n) is 4.71. The molecule has 0 bridgehead atoms. The van der Waals surface area contributed by atoms with Gasteiger partial charge in [-0.25, -0.2) is 4.98 Å². The predicted octanol–water partition coefficient (Wildman–Crippen LogP) is 4.52. The van der Waals surface area contributed by atoms with E-state index in [4.69, 9.17) is 4.74 Å². The van der Waals surface area contributed by atoms with Gasteiger partial charge in [-0.15, -0.1) is 0 Å². The molecule has 0 radical (unpaired) electrons. The molecule has 1 aliphatic rings. The fraction of sp³-hybridized carbons (Fsp3) is 0.300. The van der Waals surface area contributed by atoms with Gasteiger partial charge in [-0.05, 0) is 18.1 Å². The van der Waals surface area contributed by atoms with E-state index in [1.807, 2.05) is 34.9 Å². The number of alkyl halides is 3. The Bertz CT molecular complexity index is 898. The lowest BCUT2D eigenvalue weighted by molar-refractivity contribution is -0.141. The first-order valence-electron chi connectivity index (χ1n) is 8.72. The quantitative estimate of drug-likeness (QED) is 0.675. The fourth-order valence-electron chi connectivity index (χ4n) is 3.40. The lowest BCUT2D eigenvalue weighted by Crippen LogP contribution is -2.11. The van der Waals surface area contributed by atoms with Crippen LogP contribution in [0.15, 0.2) is 55.0 Å². The second-order valence-electron chi connectivity index (χ2n) is 6.58. The highest BCUT2D eigenvalue weighted by atomic mass is 19.4. The van der Waals surface area contributed by atoms with Crippen molar-refractivity contribution in [3.05, 3.63) is 71.9 Å². The van der Waals surface area contributed by atoms with Gasteiger partial charge in [0.2, 0.25) is 0 Å². The molecule has 1 aromatic carbocycles. The van der Waals surface area contributed by atoms with Gasteiger partial charge in [0.25, 0.3) is 0 Å². The summed E-state index contributed by atoms with van der Waals surface area (Å²) in [6.07, 6.45) is -0.509. The van der Waals surface area contributed by atoms with Crippen molar-refractivity contribution in [1.82, 2.24) is 14.5 Å². The van der Waals surface area contributed by atoms with Gasteiger partial charge in [-0.1, -0.05) is 36.4 Å². The van der Waals surface area contributed by atoms with Crippen molar-refractivity contribution in [3.8, 4) is 11.3 Å². The largest absolute Gasteiger partial charge is 0.433 e. The Morgan fingerprint density at radius 2 is 1.89 bits per heavy atom. The molecule has 3 aromatic rings. The second-order valence-corrected chi connectivity index (χ2v) is 6.58. The third-order valence-corrected chi connectivity index (χ3v) is 4.71. The van der Waals surface area contributed by atoms with Gasteiger partial charge in [0.1, 0.15) is 5.69 Å². The van der Waals surface area contributed by atoms with Crippen molar-refractivity contribution < 1.29 is 17.9 Å². The number of rotatable bonds is 4. The molecule has 1 saturated heterocycles. The monoisotopic (exact) mass is 373 g/mol. The molecule has 140 valence electrons. The van der Waals surface area contributed by atoms with Crippen LogP contribution in [0.5, 0.6) is 0 Å². The molecule has 0 saturated carbocycles. The minimum absolute atomic E-state index is 0.213. The first-order valence-corrected chi connectivity index (χ1v) is 8.72. The SMILES string of the molecule is FC(F)(F)c1ccc(Cn2cnc(-c3ccccc3)c2C2CCOC2)cn1. The molecule has 1 unspecified atom stereocenters. The molecular formula is C20H18F3N3O. The van der Waals surface area contributed by atoms with Gasteiger partial charge in [0.05, 0.1) is 30.9 Å². The molecule has 0 N–H and O–H groups in total.